The predicted molar refractivity (Wildman–Crippen MR) is 85.1 cm³/mol. The fraction of sp³-hybridized carbons (Fsp3) is 0.231. The highest BCUT2D eigenvalue weighted by Gasteiger charge is 2.06. The monoisotopic (exact) mass is 324 g/mol. The number of nitrogens with one attached hydrogen (secondary N) is 1. The summed E-state index contributed by atoms with van der Waals surface area (Å²) in [5.74, 6) is 1.04. The number of rotatable bonds is 5. The Hall–Kier alpha value is -1.80. The minimum absolute atomic E-state index is 0.308. The van der Waals surface area contributed by atoms with Crippen LogP contribution in [0.3, 0.4) is 0 Å². The second-order valence-electron chi connectivity index (χ2n) is 4.43. The quantitative estimate of drug-likeness (QED) is 0.639. The van der Waals surface area contributed by atoms with Gasteiger partial charge in [0.2, 0.25) is 0 Å². The van der Waals surface area contributed by atoms with E-state index in [2.05, 4.69) is 15.3 Å². The van der Waals surface area contributed by atoms with Gasteiger partial charge < -0.3 is 11.1 Å². The van der Waals surface area contributed by atoms with E-state index >= 15 is 0 Å². The third-order valence-electron chi connectivity index (χ3n) is 2.73. The van der Waals surface area contributed by atoms with Crippen molar-refractivity contribution in [1.82, 2.24) is 9.97 Å². The summed E-state index contributed by atoms with van der Waals surface area (Å²) in [7, 11) is -3.16. The summed E-state index contributed by atoms with van der Waals surface area (Å²) in [5.41, 5.74) is 6.65. The van der Waals surface area contributed by atoms with Crippen molar-refractivity contribution in [3.05, 3.63) is 35.9 Å². The second kappa shape index (κ2) is 6.31. The lowest BCUT2D eigenvalue weighted by Crippen LogP contribution is -2.05. The number of sulfone groups is 1. The Balaban J connectivity index is 2.08. The van der Waals surface area contributed by atoms with Crippen LogP contribution in [0.15, 0.2) is 40.4 Å². The first-order valence-corrected chi connectivity index (χ1v) is 9.21. The molecule has 2 aromatic rings. The highest BCUT2D eigenvalue weighted by molar-refractivity contribution is 7.98. The first-order chi connectivity index (χ1) is 9.88. The minimum Gasteiger partial charge on any atom is -0.383 e. The van der Waals surface area contributed by atoms with Gasteiger partial charge in [-0.3, -0.25) is 0 Å². The van der Waals surface area contributed by atoms with Gasteiger partial charge in [0.25, 0.3) is 0 Å². The standard InChI is InChI=1S/C13H16N4O2S2/c1-20-13-16-11(14)7-12(17-13)15-8-9-3-5-10(6-4-9)21(2,18)19/h3-7H,8H2,1-2H3,(H3,14,15,16,17). The number of aromatic nitrogens is 2. The molecule has 0 radical (unpaired) electrons. The van der Waals surface area contributed by atoms with Crippen LogP contribution in [0.4, 0.5) is 11.6 Å². The summed E-state index contributed by atoms with van der Waals surface area (Å²) >= 11 is 1.41. The largest absolute Gasteiger partial charge is 0.383 e. The van der Waals surface area contributed by atoms with Crippen molar-refractivity contribution in [2.45, 2.75) is 16.6 Å². The summed E-state index contributed by atoms with van der Waals surface area (Å²) < 4.78 is 22.8. The average Bonchev–Trinajstić information content (AvgIpc) is 2.44. The van der Waals surface area contributed by atoms with Crippen LogP contribution < -0.4 is 11.1 Å². The van der Waals surface area contributed by atoms with Crippen LogP contribution in [0.1, 0.15) is 5.56 Å². The van der Waals surface area contributed by atoms with E-state index in [4.69, 9.17) is 5.73 Å². The fourth-order valence-electron chi connectivity index (χ4n) is 1.67. The van der Waals surface area contributed by atoms with Crippen molar-refractivity contribution in [3.63, 3.8) is 0 Å². The van der Waals surface area contributed by atoms with Gasteiger partial charge in [-0.15, -0.1) is 0 Å². The van der Waals surface area contributed by atoms with E-state index in [0.29, 0.717) is 28.2 Å². The zero-order valence-corrected chi connectivity index (χ0v) is 13.3. The maximum absolute atomic E-state index is 11.4. The molecule has 0 atom stereocenters. The topological polar surface area (TPSA) is 98.0 Å². The molecule has 1 aromatic heterocycles. The van der Waals surface area contributed by atoms with Gasteiger partial charge in [0.1, 0.15) is 11.6 Å². The van der Waals surface area contributed by atoms with Crippen LogP contribution >= 0.6 is 11.8 Å². The number of hydrogen-bond acceptors (Lipinski definition) is 7. The first kappa shape index (κ1) is 15.6. The van der Waals surface area contributed by atoms with Crippen molar-refractivity contribution in [2.24, 2.45) is 0 Å². The summed E-state index contributed by atoms with van der Waals surface area (Å²) in [6.07, 6.45) is 3.07. The number of anilines is 2. The molecule has 0 fully saturated rings. The second-order valence-corrected chi connectivity index (χ2v) is 7.22. The molecule has 0 bridgehead atoms. The molecule has 0 aliphatic carbocycles. The number of thioether (sulfide) groups is 1. The van der Waals surface area contributed by atoms with Gasteiger partial charge >= 0.3 is 0 Å². The maximum Gasteiger partial charge on any atom is 0.191 e. The molecule has 0 saturated carbocycles. The maximum atomic E-state index is 11.4. The van der Waals surface area contributed by atoms with E-state index < -0.39 is 9.84 Å². The van der Waals surface area contributed by atoms with E-state index in [9.17, 15) is 8.42 Å². The van der Waals surface area contributed by atoms with E-state index in [1.54, 1.807) is 30.3 Å². The third-order valence-corrected chi connectivity index (χ3v) is 4.41. The van der Waals surface area contributed by atoms with E-state index in [1.807, 2.05) is 6.26 Å². The number of nitrogens with zero attached hydrogens (tertiary/aromatic N) is 2. The van der Waals surface area contributed by atoms with Crippen molar-refractivity contribution >= 4 is 33.2 Å². The van der Waals surface area contributed by atoms with E-state index in [1.165, 1.54) is 18.0 Å². The van der Waals surface area contributed by atoms with E-state index in [-0.39, 0.29) is 0 Å². The van der Waals surface area contributed by atoms with Gasteiger partial charge in [-0.2, -0.15) is 0 Å². The third kappa shape index (κ3) is 4.33. The normalized spacial score (nSPS) is 11.3. The van der Waals surface area contributed by atoms with Crippen LogP contribution in [-0.2, 0) is 16.4 Å². The van der Waals surface area contributed by atoms with Gasteiger partial charge in [-0.05, 0) is 24.0 Å². The van der Waals surface area contributed by atoms with Gasteiger partial charge in [-0.25, -0.2) is 18.4 Å². The molecule has 0 spiro atoms. The number of benzene rings is 1. The first-order valence-electron chi connectivity index (χ1n) is 6.10. The number of nitrogens with two attached hydrogens (primary N) is 1. The molecule has 0 aliphatic rings. The molecule has 0 aliphatic heterocycles. The van der Waals surface area contributed by atoms with E-state index in [0.717, 1.165) is 5.56 Å². The zero-order valence-electron chi connectivity index (χ0n) is 11.7. The number of hydrogen-bond donors (Lipinski definition) is 2. The van der Waals surface area contributed by atoms with Crippen molar-refractivity contribution < 1.29 is 8.42 Å². The molecule has 0 saturated heterocycles. The Kier molecular flexibility index (Phi) is 4.69. The summed E-state index contributed by atoms with van der Waals surface area (Å²) in [6.45, 7) is 0.522. The van der Waals surface area contributed by atoms with Gasteiger partial charge in [0.05, 0.1) is 4.90 Å². The van der Waals surface area contributed by atoms with Gasteiger partial charge in [-0.1, -0.05) is 23.9 Å². The Bertz CT molecular complexity index is 730. The van der Waals surface area contributed by atoms with Gasteiger partial charge in [0, 0.05) is 18.9 Å². The lowest BCUT2D eigenvalue weighted by Gasteiger charge is -2.08. The van der Waals surface area contributed by atoms with Crippen molar-refractivity contribution in [2.75, 3.05) is 23.6 Å². The molecular formula is C13H16N4O2S2. The molecule has 3 N–H and O–H groups in total. The Morgan fingerprint density at radius 3 is 2.48 bits per heavy atom. The Morgan fingerprint density at radius 1 is 1.24 bits per heavy atom. The van der Waals surface area contributed by atoms with Crippen LogP contribution in [0.2, 0.25) is 0 Å². The molecule has 6 nitrogen and oxygen atoms in total. The Morgan fingerprint density at radius 2 is 1.90 bits per heavy atom. The average molecular weight is 324 g/mol. The van der Waals surface area contributed by atoms with Crippen LogP contribution in [0, 0.1) is 0 Å². The predicted octanol–water partition coefficient (Wildman–Crippen LogP) is 1.80. The SMILES string of the molecule is CSc1nc(N)cc(NCc2ccc(S(C)(=O)=O)cc2)n1. The zero-order chi connectivity index (χ0) is 15.5. The lowest BCUT2D eigenvalue weighted by atomic mass is 10.2. The lowest BCUT2D eigenvalue weighted by molar-refractivity contribution is 0.602. The molecule has 21 heavy (non-hydrogen) atoms. The molecule has 112 valence electrons. The Labute approximate surface area is 128 Å². The highest BCUT2D eigenvalue weighted by Crippen LogP contribution is 2.16. The highest BCUT2D eigenvalue weighted by atomic mass is 32.2. The molecule has 1 aromatic carbocycles. The smallest absolute Gasteiger partial charge is 0.191 e. The molecule has 0 amide bonds. The summed E-state index contributed by atoms with van der Waals surface area (Å²) in [6, 6.07) is 8.37. The molecule has 2 rings (SSSR count). The van der Waals surface area contributed by atoms with Crippen molar-refractivity contribution in [1.29, 1.82) is 0 Å². The molecule has 8 heteroatoms. The van der Waals surface area contributed by atoms with Crippen LogP contribution in [0.25, 0.3) is 0 Å². The molecule has 1 heterocycles. The molecular weight excluding hydrogens is 308 g/mol. The summed E-state index contributed by atoms with van der Waals surface area (Å²) in [4.78, 5) is 8.67. The van der Waals surface area contributed by atoms with Crippen molar-refractivity contribution in [3.8, 4) is 0 Å². The van der Waals surface area contributed by atoms with Crippen LogP contribution in [-0.4, -0.2) is 30.9 Å². The number of nitrogen functional groups attached to an aromatic ring is 1. The van der Waals surface area contributed by atoms with Gasteiger partial charge in [0.15, 0.2) is 15.0 Å². The summed E-state index contributed by atoms with van der Waals surface area (Å²) in [5, 5.41) is 3.74. The van der Waals surface area contributed by atoms with Crippen LogP contribution in [0.5, 0.6) is 0 Å². The minimum atomic E-state index is -3.16. The fourth-order valence-corrected chi connectivity index (χ4v) is 2.69. The molecule has 0 unspecified atom stereocenters.